The molecular formula is C24H28N2O7S. The van der Waals surface area contributed by atoms with Crippen molar-refractivity contribution >= 4 is 33.6 Å². The van der Waals surface area contributed by atoms with Gasteiger partial charge in [-0.2, -0.15) is 4.31 Å². The van der Waals surface area contributed by atoms with Gasteiger partial charge in [0.05, 0.1) is 36.8 Å². The molecule has 0 aliphatic heterocycles. The predicted molar refractivity (Wildman–Crippen MR) is 125 cm³/mol. The number of methoxy groups -OCH3 is 2. The SMILES string of the molecule is COC(=O)c1cc(NC(=O)CN(C2CCCCC2)S(=O)(=O)c2ccccc2)cc(C(=O)OC)c1. The van der Waals surface area contributed by atoms with Crippen LogP contribution in [0.25, 0.3) is 0 Å². The van der Waals surface area contributed by atoms with Crippen molar-refractivity contribution in [3.63, 3.8) is 0 Å². The summed E-state index contributed by atoms with van der Waals surface area (Å²) >= 11 is 0. The smallest absolute Gasteiger partial charge is 0.337 e. The van der Waals surface area contributed by atoms with Gasteiger partial charge in [0.1, 0.15) is 0 Å². The van der Waals surface area contributed by atoms with Crippen LogP contribution >= 0.6 is 0 Å². The maximum Gasteiger partial charge on any atom is 0.337 e. The second kappa shape index (κ2) is 11.3. The highest BCUT2D eigenvalue weighted by Gasteiger charge is 2.34. The fourth-order valence-electron chi connectivity index (χ4n) is 4.02. The van der Waals surface area contributed by atoms with Gasteiger partial charge in [0, 0.05) is 11.7 Å². The minimum Gasteiger partial charge on any atom is -0.465 e. The molecule has 0 spiro atoms. The normalized spacial score (nSPS) is 14.4. The molecule has 1 aliphatic carbocycles. The molecule has 2 aromatic rings. The summed E-state index contributed by atoms with van der Waals surface area (Å²) in [5, 5.41) is 2.61. The van der Waals surface area contributed by atoms with Crippen LogP contribution in [0.3, 0.4) is 0 Å². The number of amides is 1. The van der Waals surface area contributed by atoms with E-state index >= 15 is 0 Å². The highest BCUT2D eigenvalue weighted by atomic mass is 32.2. The number of carbonyl (C=O) groups excluding carboxylic acids is 3. The lowest BCUT2D eigenvalue weighted by molar-refractivity contribution is -0.116. The molecule has 0 unspecified atom stereocenters. The molecule has 0 heterocycles. The van der Waals surface area contributed by atoms with Gasteiger partial charge in [0.2, 0.25) is 15.9 Å². The molecule has 0 radical (unpaired) electrons. The molecule has 9 nitrogen and oxygen atoms in total. The maximum atomic E-state index is 13.4. The van der Waals surface area contributed by atoms with Crippen LogP contribution in [-0.4, -0.2) is 57.4 Å². The average molecular weight is 489 g/mol. The molecule has 0 saturated heterocycles. The summed E-state index contributed by atoms with van der Waals surface area (Å²) in [5.74, 6) is -1.99. The zero-order valence-corrected chi connectivity index (χ0v) is 20.0. The molecule has 182 valence electrons. The first-order chi connectivity index (χ1) is 16.3. The number of sulfonamides is 1. The molecule has 2 aromatic carbocycles. The Morgan fingerprint density at radius 2 is 1.47 bits per heavy atom. The van der Waals surface area contributed by atoms with Crippen LogP contribution in [0.15, 0.2) is 53.4 Å². The fraction of sp³-hybridized carbons (Fsp3) is 0.375. The molecule has 3 rings (SSSR count). The number of hydrogen-bond donors (Lipinski definition) is 1. The Hall–Kier alpha value is -3.24. The quantitative estimate of drug-likeness (QED) is 0.567. The molecule has 1 N–H and O–H groups in total. The number of nitrogens with zero attached hydrogens (tertiary/aromatic N) is 1. The van der Waals surface area contributed by atoms with E-state index in [9.17, 15) is 22.8 Å². The predicted octanol–water partition coefficient (Wildman–Crippen LogP) is 3.22. The van der Waals surface area contributed by atoms with Crippen molar-refractivity contribution in [1.82, 2.24) is 4.31 Å². The average Bonchev–Trinajstić information content (AvgIpc) is 2.87. The van der Waals surface area contributed by atoms with Crippen molar-refractivity contribution in [2.75, 3.05) is 26.1 Å². The van der Waals surface area contributed by atoms with E-state index in [0.717, 1.165) is 19.3 Å². The van der Waals surface area contributed by atoms with Crippen LogP contribution in [0, 0.1) is 0 Å². The van der Waals surface area contributed by atoms with Crippen molar-refractivity contribution in [3.8, 4) is 0 Å². The van der Waals surface area contributed by atoms with Gasteiger partial charge in [-0.3, -0.25) is 4.79 Å². The van der Waals surface area contributed by atoms with Gasteiger partial charge in [-0.25, -0.2) is 18.0 Å². The summed E-state index contributed by atoms with van der Waals surface area (Å²) in [5.41, 5.74) is 0.234. The van der Waals surface area contributed by atoms with E-state index in [1.807, 2.05) is 0 Å². The number of esters is 2. The van der Waals surface area contributed by atoms with Crippen LogP contribution in [0.4, 0.5) is 5.69 Å². The number of anilines is 1. The van der Waals surface area contributed by atoms with Gasteiger partial charge >= 0.3 is 11.9 Å². The number of hydrogen-bond acceptors (Lipinski definition) is 7. The summed E-state index contributed by atoms with van der Waals surface area (Å²) < 4.78 is 37.5. The first-order valence-electron chi connectivity index (χ1n) is 10.9. The highest BCUT2D eigenvalue weighted by Crippen LogP contribution is 2.28. The molecule has 10 heteroatoms. The zero-order valence-electron chi connectivity index (χ0n) is 19.2. The van der Waals surface area contributed by atoms with Crippen LogP contribution in [0.1, 0.15) is 52.8 Å². The Morgan fingerprint density at radius 3 is 2.00 bits per heavy atom. The van der Waals surface area contributed by atoms with Crippen molar-refractivity contribution in [2.45, 2.75) is 43.0 Å². The molecule has 1 saturated carbocycles. The standard InChI is InChI=1S/C24H28N2O7S/c1-32-23(28)17-13-18(24(29)33-2)15-19(14-17)25-22(27)16-26(20-9-5-3-6-10-20)34(30,31)21-11-7-4-8-12-21/h4,7-8,11-15,20H,3,5-6,9-10,16H2,1-2H3,(H,25,27). The zero-order chi connectivity index (χ0) is 24.7. The number of ether oxygens (including phenoxy) is 2. The van der Waals surface area contributed by atoms with Crippen molar-refractivity contribution < 1.29 is 32.3 Å². The molecule has 0 atom stereocenters. The number of carbonyl (C=O) groups is 3. The van der Waals surface area contributed by atoms with Gasteiger partial charge in [-0.15, -0.1) is 0 Å². The first kappa shape index (κ1) is 25.4. The topological polar surface area (TPSA) is 119 Å². The second-order valence-electron chi connectivity index (χ2n) is 7.99. The number of rotatable bonds is 8. The third-order valence-corrected chi connectivity index (χ3v) is 7.60. The van der Waals surface area contributed by atoms with Gasteiger partial charge in [0.25, 0.3) is 0 Å². The third-order valence-electron chi connectivity index (χ3n) is 5.69. The molecule has 0 bridgehead atoms. The summed E-state index contributed by atoms with van der Waals surface area (Å²) in [4.78, 5) is 37.1. The van der Waals surface area contributed by atoms with E-state index in [-0.39, 0.29) is 27.8 Å². The van der Waals surface area contributed by atoms with Gasteiger partial charge in [-0.1, -0.05) is 37.5 Å². The largest absolute Gasteiger partial charge is 0.465 e. The third kappa shape index (κ3) is 6.00. The molecule has 1 fully saturated rings. The van der Waals surface area contributed by atoms with E-state index in [1.165, 1.54) is 48.9 Å². The van der Waals surface area contributed by atoms with Crippen molar-refractivity contribution in [2.24, 2.45) is 0 Å². The Kier molecular flexibility index (Phi) is 8.41. The van der Waals surface area contributed by atoms with Crippen LogP contribution in [-0.2, 0) is 24.3 Å². The van der Waals surface area contributed by atoms with Crippen LogP contribution < -0.4 is 5.32 Å². The lowest BCUT2D eigenvalue weighted by atomic mass is 9.95. The highest BCUT2D eigenvalue weighted by molar-refractivity contribution is 7.89. The molecule has 34 heavy (non-hydrogen) atoms. The summed E-state index contributed by atoms with van der Waals surface area (Å²) in [6, 6.07) is 11.7. The Morgan fingerprint density at radius 1 is 0.912 bits per heavy atom. The van der Waals surface area contributed by atoms with Crippen molar-refractivity contribution in [1.29, 1.82) is 0 Å². The Bertz CT molecular complexity index is 1110. The van der Waals surface area contributed by atoms with E-state index in [0.29, 0.717) is 12.8 Å². The number of benzene rings is 2. The lowest BCUT2D eigenvalue weighted by Crippen LogP contribution is -2.45. The summed E-state index contributed by atoms with van der Waals surface area (Å²) in [7, 11) is -1.52. The molecule has 1 aliphatic rings. The maximum absolute atomic E-state index is 13.4. The van der Waals surface area contributed by atoms with E-state index in [2.05, 4.69) is 5.32 Å². The lowest BCUT2D eigenvalue weighted by Gasteiger charge is -2.33. The fourth-order valence-corrected chi connectivity index (χ4v) is 5.68. The van der Waals surface area contributed by atoms with E-state index in [1.54, 1.807) is 18.2 Å². The van der Waals surface area contributed by atoms with Crippen LogP contribution in [0.5, 0.6) is 0 Å². The molecule has 1 amide bonds. The summed E-state index contributed by atoms with van der Waals surface area (Å²) in [6.07, 6.45) is 4.14. The number of nitrogens with one attached hydrogen (secondary N) is 1. The molecular weight excluding hydrogens is 460 g/mol. The van der Waals surface area contributed by atoms with Gasteiger partial charge in [0.15, 0.2) is 0 Å². The monoisotopic (exact) mass is 488 g/mol. The van der Waals surface area contributed by atoms with Gasteiger partial charge < -0.3 is 14.8 Å². The Balaban J connectivity index is 1.89. The van der Waals surface area contributed by atoms with Crippen LogP contribution in [0.2, 0.25) is 0 Å². The van der Waals surface area contributed by atoms with Gasteiger partial charge in [-0.05, 0) is 43.2 Å². The van der Waals surface area contributed by atoms with E-state index in [4.69, 9.17) is 9.47 Å². The van der Waals surface area contributed by atoms with Crippen molar-refractivity contribution in [3.05, 3.63) is 59.7 Å². The summed E-state index contributed by atoms with van der Waals surface area (Å²) in [6.45, 7) is -0.405. The first-order valence-corrected chi connectivity index (χ1v) is 12.4. The molecule has 0 aromatic heterocycles. The minimum absolute atomic E-state index is 0.0433. The minimum atomic E-state index is -3.91. The Labute approximate surface area is 199 Å². The second-order valence-corrected chi connectivity index (χ2v) is 9.88. The van der Waals surface area contributed by atoms with E-state index < -0.39 is 34.4 Å².